The average Bonchev–Trinajstić information content (AvgIpc) is 1.70. The van der Waals surface area contributed by atoms with Crippen LogP contribution in [-0.4, -0.2) is 35.0 Å². The van der Waals surface area contributed by atoms with Crippen molar-refractivity contribution in [2.24, 2.45) is 0 Å². The summed E-state index contributed by atoms with van der Waals surface area (Å²) in [6.07, 6.45) is 0. The SMILES string of the molecule is Cl.Cl.O.[N-]=[N+]=N.[N-]=[N+]=[N-].[N-]=[N+]=[N-].[NaH]. The number of halogens is 2. The molecule has 3 N–H and O–H groups in total. The molecule has 0 aromatic rings. The van der Waals surface area contributed by atoms with Crippen molar-refractivity contribution in [2.45, 2.75) is 0 Å². The normalized spacial score (nSPS) is 1.85. The second-order valence-electron chi connectivity index (χ2n) is 0.279. The summed E-state index contributed by atoms with van der Waals surface area (Å²) in [7, 11) is 0. The molecule has 0 bridgehead atoms. The van der Waals surface area contributed by atoms with Gasteiger partial charge in [0.25, 0.3) is 0 Å². The second-order valence-corrected chi connectivity index (χ2v) is 0.279. The van der Waals surface area contributed by atoms with E-state index in [1.807, 2.05) is 0 Å². The fourth-order valence-electron chi connectivity index (χ4n) is 0. The Labute approximate surface area is 107 Å². The van der Waals surface area contributed by atoms with Crippen LogP contribution in [0.1, 0.15) is 0 Å². The summed E-state index contributed by atoms with van der Waals surface area (Å²) < 4.78 is 0. The summed E-state index contributed by atoms with van der Waals surface area (Å²) in [6.45, 7) is 0. The number of nitrogens with one attached hydrogen (secondary N) is 1. The maximum absolute atomic E-state index is 6.86. The van der Waals surface area contributed by atoms with E-state index in [9.17, 15) is 0 Å². The molecule has 0 aromatic carbocycles. The first-order chi connectivity index (χ1) is 4.24. The number of hydrogen-bond donors (Lipinski definition) is 1. The first kappa shape index (κ1) is 54.8. The van der Waals surface area contributed by atoms with Gasteiger partial charge < -0.3 is 27.6 Å². The minimum absolute atomic E-state index is 0. The molecule has 0 aliphatic carbocycles. The molecule has 0 spiro atoms. The first-order valence-corrected chi connectivity index (χ1v) is 1.22. The zero-order valence-corrected chi connectivity index (χ0v) is 7.03. The van der Waals surface area contributed by atoms with Gasteiger partial charge in [0.1, 0.15) is 0 Å². The van der Waals surface area contributed by atoms with Gasteiger partial charge in [-0.15, -0.1) is 30.3 Å². The van der Waals surface area contributed by atoms with Gasteiger partial charge in [-0.05, 0) is 10.4 Å². The van der Waals surface area contributed by atoms with Crippen LogP contribution >= 0.6 is 24.8 Å². The Morgan fingerprint density at radius 2 is 0.769 bits per heavy atom. The summed E-state index contributed by atoms with van der Waals surface area (Å²) in [6, 6.07) is 0. The Morgan fingerprint density at radius 3 is 0.769 bits per heavy atom. The van der Waals surface area contributed by atoms with Gasteiger partial charge in [0, 0.05) is 0 Å². The number of nitrogens with zero attached hydrogens (tertiary/aromatic N) is 8. The molecule has 13 heavy (non-hydrogen) atoms. The minimum atomic E-state index is 0. The van der Waals surface area contributed by atoms with Gasteiger partial charge in [-0.2, -0.15) is 0 Å². The molecule has 0 saturated heterocycles. The molecule has 74 valence electrons. The van der Waals surface area contributed by atoms with Crippen molar-refractivity contribution in [3.05, 3.63) is 42.4 Å². The topological polar surface area (TPSA) is 209 Å². The van der Waals surface area contributed by atoms with Crippen molar-refractivity contribution in [3.8, 4) is 0 Å². The van der Waals surface area contributed by atoms with Gasteiger partial charge in [-0.25, -0.2) is 0 Å². The van der Waals surface area contributed by atoms with Crippen molar-refractivity contribution in [2.75, 3.05) is 0 Å². The third-order valence-electron chi connectivity index (χ3n) is 0. The van der Waals surface area contributed by atoms with E-state index in [-0.39, 0.29) is 59.8 Å². The standard InChI is InChI=1S/2ClH.HN3.2N3.Na.H2O.H/c;;3*1-3-2;;;/h2*1H;1H;;;;1H2;/q;;;2*-1;;;. The van der Waals surface area contributed by atoms with E-state index in [0.29, 0.717) is 0 Å². The number of rotatable bonds is 0. The molecule has 10 nitrogen and oxygen atoms in total. The Morgan fingerprint density at radius 1 is 0.769 bits per heavy atom. The first-order valence-electron chi connectivity index (χ1n) is 1.22. The van der Waals surface area contributed by atoms with Crippen LogP contribution in [0.2, 0.25) is 0 Å². The molecule has 0 aliphatic heterocycles. The molecule has 0 saturated carbocycles. The fourth-order valence-corrected chi connectivity index (χ4v) is 0. The molecule has 0 radical (unpaired) electrons. The molecule has 0 fully saturated rings. The van der Waals surface area contributed by atoms with Gasteiger partial charge in [0.2, 0.25) is 0 Å². The van der Waals surface area contributed by atoms with Crippen molar-refractivity contribution in [3.63, 3.8) is 0 Å². The van der Waals surface area contributed by atoms with Crippen LogP contribution < -0.4 is 0 Å². The van der Waals surface area contributed by atoms with Crippen LogP contribution in [0.4, 0.5) is 0 Å². The van der Waals surface area contributed by atoms with E-state index < -0.39 is 0 Å². The summed E-state index contributed by atoms with van der Waals surface area (Å²) in [5.74, 6) is 0. The summed E-state index contributed by atoms with van der Waals surface area (Å²) in [5.41, 5.74) is 39.2. The molecule has 0 amide bonds. The van der Waals surface area contributed by atoms with E-state index in [2.05, 4.69) is 0 Å². The summed E-state index contributed by atoms with van der Waals surface area (Å²) in [4.78, 5) is 4.75. The third-order valence-corrected chi connectivity index (χ3v) is 0. The van der Waals surface area contributed by atoms with Gasteiger partial charge in [0.05, 0.1) is 0 Å². The Balaban J connectivity index is -0.00000000720. The van der Waals surface area contributed by atoms with Gasteiger partial charge >= 0.3 is 29.6 Å². The molecular weight excluding hydrogens is 236 g/mol. The zero-order chi connectivity index (χ0) is 8.12. The molecule has 13 heteroatoms. The molecule has 0 heterocycles. The molecular formula is H6Cl2N9NaO-2. The second kappa shape index (κ2) is 206. The van der Waals surface area contributed by atoms with Crippen LogP contribution in [0.3, 0.4) is 0 Å². The molecule has 0 rings (SSSR count). The Kier molecular flexibility index (Phi) is 869. The van der Waals surface area contributed by atoms with Crippen LogP contribution in [0, 0.1) is 5.53 Å². The van der Waals surface area contributed by atoms with Gasteiger partial charge in [0.15, 0.2) is 0 Å². The van der Waals surface area contributed by atoms with E-state index in [1.54, 1.807) is 4.91 Å². The van der Waals surface area contributed by atoms with Gasteiger partial charge in [-0.3, -0.25) is 9.82 Å². The maximum atomic E-state index is 6.86. The third kappa shape index (κ3) is 3660. The van der Waals surface area contributed by atoms with E-state index in [4.69, 9.17) is 33.2 Å². The Hall–Kier alpha value is -0.530. The van der Waals surface area contributed by atoms with Crippen molar-refractivity contribution >= 4 is 54.4 Å². The molecule has 0 aromatic heterocycles. The zero-order valence-electron chi connectivity index (χ0n) is 5.39. The quantitative estimate of drug-likeness (QED) is 0.279. The monoisotopic (exact) mass is 241 g/mol. The van der Waals surface area contributed by atoms with E-state index in [1.165, 1.54) is 9.82 Å². The average molecular weight is 242 g/mol. The summed E-state index contributed by atoms with van der Waals surface area (Å²) >= 11 is 0. The van der Waals surface area contributed by atoms with Gasteiger partial charge in [-0.1, -0.05) is 0 Å². The van der Waals surface area contributed by atoms with Crippen molar-refractivity contribution in [1.29, 1.82) is 5.53 Å². The summed E-state index contributed by atoms with van der Waals surface area (Å²) in [5, 5.41) is 0. The number of hydrogen-bond acceptors (Lipinski definition) is 1. The molecule has 0 aliphatic rings. The Bertz CT molecular complexity index is 109. The fraction of sp³-hybridized carbons (Fsp3) is 0. The van der Waals surface area contributed by atoms with E-state index in [0.717, 1.165) is 0 Å². The predicted molar refractivity (Wildman–Crippen MR) is 54.9 cm³/mol. The van der Waals surface area contributed by atoms with Crippen LogP contribution in [-0.2, 0) is 0 Å². The van der Waals surface area contributed by atoms with Crippen LogP contribution in [0.25, 0.3) is 42.4 Å². The van der Waals surface area contributed by atoms with Crippen LogP contribution in [0.5, 0.6) is 0 Å². The predicted octanol–water partition coefficient (Wildman–Crippen LogP) is 1.98. The molecule has 0 unspecified atom stereocenters. The van der Waals surface area contributed by atoms with Crippen molar-refractivity contribution in [1.82, 2.24) is 0 Å². The van der Waals surface area contributed by atoms with Crippen molar-refractivity contribution < 1.29 is 5.48 Å². The van der Waals surface area contributed by atoms with Crippen LogP contribution in [0.15, 0.2) is 0 Å². The molecule has 0 atom stereocenters. The van der Waals surface area contributed by atoms with E-state index >= 15 is 0 Å².